The molecule has 6 heteroatoms. The van der Waals surface area contributed by atoms with Gasteiger partial charge in [0.1, 0.15) is 0 Å². The van der Waals surface area contributed by atoms with Crippen LogP contribution in [0.3, 0.4) is 0 Å². The molecule has 0 unspecified atom stereocenters. The number of carbonyl (C=O) groups excluding carboxylic acids is 2. The average molecular weight is 514 g/mol. The van der Waals surface area contributed by atoms with Crippen LogP contribution in [0.5, 0.6) is 0 Å². The van der Waals surface area contributed by atoms with Crippen LogP contribution >= 0.6 is 23.2 Å². The summed E-state index contributed by atoms with van der Waals surface area (Å²) in [5.74, 6) is -0.581. The second-order valence-corrected chi connectivity index (χ2v) is 9.10. The third kappa shape index (κ3) is 4.30. The van der Waals surface area contributed by atoms with Crippen LogP contribution < -0.4 is 4.90 Å². The third-order valence-electron chi connectivity index (χ3n) is 6.15. The van der Waals surface area contributed by atoms with E-state index in [1.165, 1.54) is 7.11 Å². The van der Waals surface area contributed by atoms with E-state index in [0.717, 1.165) is 22.4 Å². The van der Waals surface area contributed by atoms with Crippen molar-refractivity contribution in [1.82, 2.24) is 0 Å². The molecule has 0 N–H and O–H groups in total. The highest BCUT2D eigenvalue weighted by molar-refractivity contribution is 6.45. The molecule has 0 atom stereocenters. The van der Waals surface area contributed by atoms with Gasteiger partial charge in [0.05, 0.1) is 40.5 Å². The molecule has 1 aliphatic heterocycles. The molecular formula is C30H21Cl2NO3. The first-order chi connectivity index (χ1) is 17.5. The van der Waals surface area contributed by atoms with E-state index in [0.29, 0.717) is 32.3 Å². The number of fused-ring (bicyclic) bond motifs is 1. The summed E-state index contributed by atoms with van der Waals surface area (Å²) in [6, 6.07) is 29.9. The SMILES string of the molecule is COC(=O)c1cccc(CN2C(=O)/C(=C(\c3ccccc3)c3cccc(Cl)c3Cl)c3ccccc32)c1. The Labute approximate surface area is 219 Å². The van der Waals surface area contributed by atoms with Crippen LogP contribution in [0.25, 0.3) is 11.1 Å². The number of hydrogen-bond acceptors (Lipinski definition) is 3. The van der Waals surface area contributed by atoms with Gasteiger partial charge in [0.25, 0.3) is 5.91 Å². The number of esters is 1. The van der Waals surface area contributed by atoms with Crippen molar-refractivity contribution in [3.63, 3.8) is 0 Å². The Balaban J connectivity index is 1.70. The lowest BCUT2D eigenvalue weighted by Crippen LogP contribution is -2.26. The number of methoxy groups -OCH3 is 1. The van der Waals surface area contributed by atoms with E-state index in [1.807, 2.05) is 72.8 Å². The van der Waals surface area contributed by atoms with Gasteiger partial charge in [0.2, 0.25) is 0 Å². The Morgan fingerprint density at radius 2 is 1.53 bits per heavy atom. The fourth-order valence-electron chi connectivity index (χ4n) is 4.51. The molecule has 0 saturated heterocycles. The van der Waals surface area contributed by atoms with E-state index in [-0.39, 0.29) is 12.5 Å². The van der Waals surface area contributed by atoms with Crippen molar-refractivity contribution in [2.24, 2.45) is 0 Å². The summed E-state index contributed by atoms with van der Waals surface area (Å²) in [5, 5.41) is 0.804. The Bertz CT molecular complexity index is 1510. The molecule has 0 bridgehead atoms. The second-order valence-electron chi connectivity index (χ2n) is 8.32. The van der Waals surface area contributed by atoms with Crippen molar-refractivity contribution in [3.05, 3.63) is 135 Å². The van der Waals surface area contributed by atoms with Gasteiger partial charge in [-0.05, 0) is 35.4 Å². The summed E-state index contributed by atoms with van der Waals surface area (Å²) in [6.45, 7) is 0.287. The number of nitrogens with zero attached hydrogens (tertiary/aromatic N) is 1. The number of hydrogen-bond donors (Lipinski definition) is 0. The molecule has 4 aromatic carbocycles. The molecule has 178 valence electrons. The lowest BCUT2D eigenvalue weighted by Gasteiger charge is -2.18. The van der Waals surface area contributed by atoms with Crippen LogP contribution in [0, 0.1) is 0 Å². The number of anilines is 1. The van der Waals surface area contributed by atoms with Crippen LogP contribution in [0.4, 0.5) is 5.69 Å². The van der Waals surface area contributed by atoms with Gasteiger partial charge in [-0.1, -0.05) is 96.0 Å². The van der Waals surface area contributed by atoms with Gasteiger partial charge in [-0.2, -0.15) is 0 Å². The van der Waals surface area contributed by atoms with Gasteiger partial charge in [-0.25, -0.2) is 4.79 Å². The molecule has 4 nitrogen and oxygen atoms in total. The number of amides is 1. The Kier molecular flexibility index (Phi) is 6.64. The van der Waals surface area contributed by atoms with Crippen LogP contribution in [-0.4, -0.2) is 19.0 Å². The number of carbonyl (C=O) groups is 2. The number of para-hydroxylation sites is 1. The summed E-state index contributed by atoms with van der Waals surface area (Å²) in [7, 11) is 1.35. The lowest BCUT2D eigenvalue weighted by molar-refractivity contribution is -0.113. The van der Waals surface area contributed by atoms with E-state index >= 15 is 0 Å². The highest BCUT2D eigenvalue weighted by Crippen LogP contribution is 2.45. The summed E-state index contributed by atoms with van der Waals surface area (Å²) >= 11 is 13.1. The fraction of sp³-hybridized carbons (Fsp3) is 0.0667. The van der Waals surface area contributed by atoms with Crippen LogP contribution in [0.15, 0.2) is 97.1 Å². The third-order valence-corrected chi connectivity index (χ3v) is 6.96. The molecule has 0 spiro atoms. The maximum Gasteiger partial charge on any atom is 0.337 e. The predicted molar refractivity (Wildman–Crippen MR) is 144 cm³/mol. The van der Waals surface area contributed by atoms with Gasteiger partial charge in [0.15, 0.2) is 0 Å². The normalized spacial score (nSPS) is 14.0. The second kappa shape index (κ2) is 10.0. The molecular weight excluding hydrogens is 493 g/mol. The minimum atomic E-state index is -0.424. The van der Waals surface area contributed by atoms with Gasteiger partial charge in [0, 0.05) is 16.7 Å². The van der Waals surface area contributed by atoms with Crippen LogP contribution in [0.2, 0.25) is 10.0 Å². The topological polar surface area (TPSA) is 46.6 Å². The zero-order valence-corrected chi connectivity index (χ0v) is 20.9. The highest BCUT2D eigenvalue weighted by atomic mass is 35.5. The van der Waals surface area contributed by atoms with E-state index in [9.17, 15) is 9.59 Å². The van der Waals surface area contributed by atoms with Gasteiger partial charge in [-0.15, -0.1) is 0 Å². The quantitative estimate of drug-likeness (QED) is 0.208. The fourth-order valence-corrected chi connectivity index (χ4v) is 4.91. The molecule has 5 rings (SSSR count). The number of rotatable bonds is 5. The Morgan fingerprint density at radius 1 is 0.833 bits per heavy atom. The molecule has 1 aliphatic rings. The molecule has 0 radical (unpaired) electrons. The zero-order chi connectivity index (χ0) is 25.2. The molecule has 0 aliphatic carbocycles. The van der Waals surface area contributed by atoms with Gasteiger partial charge < -0.3 is 9.64 Å². The maximum absolute atomic E-state index is 14.1. The first kappa shape index (κ1) is 23.9. The molecule has 0 aromatic heterocycles. The number of ether oxygens (including phenoxy) is 1. The smallest absolute Gasteiger partial charge is 0.337 e. The van der Waals surface area contributed by atoms with Crippen LogP contribution in [0.1, 0.15) is 32.6 Å². The summed E-state index contributed by atoms with van der Waals surface area (Å²) in [4.78, 5) is 27.9. The predicted octanol–water partition coefficient (Wildman–Crippen LogP) is 7.29. The molecule has 0 saturated carbocycles. The van der Waals surface area contributed by atoms with E-state index in [4.69, 9.17) is 27.9 Å². The van der Waals surface area contributed by atoms with E-state index in [1.54, 1.807) is 29.2 Å². The average Bonchev–Trinajstić information content (AvgIpc) is 3.18. The number of benzene rings is 4. The largest absolute Gasteiger partial charge is 0.465 e. The first-order valence-corrected chi connectivity index (χ1v) is 12.1. The number of halogens is 2. The summed E-state index contributed by atoms with van der Waals surface area (Å²) < 4.78 is 4.86. The van der Waals surface area contributed by atoms with Crippen molar-refractivity contribution < 1.29 is 14.3 Å². The maximum atomic E-state index is 14.1. The van der Waals surface area contributed by atoms with Gasteiger partial charge >= 0.3 is 5.97 Å². The molecule has 36 heavy (non-hydrogen) atoms. The zero-order valence-electron chi connectivity index (χ0n) is 19.4. The Hall–Kier alpha value is -3.86. The lowest BCUT2D eigenvalue weighted by atomic mass is 9.90. The van der Waals surface area contributed by atoms with Gasteiger partial charge in [-0.3, -0.25) is 4.79 Å². The van der Waals surface area contributed by atoms with Crippen molar-refractivity contribution in [1.29, 1.82) is 0 Å². The van der Waals surface area contributed by atoms with Crippen LogP contribution in [-0.2, 0) is 16.1 Å². The minimum absolute atomic E-state index is 0.158. The standard InChI is InChI=1S/C30H21Cl2NO3/c1-36-30(35)21-12-7-9-19(17-21)18-33-25-16-6-5-13-22(25)27(29(33)34)26(20-10-3-2-4-11-20)23-14-8-15-24(31)28(23)32/h2-17H,18H2,1H3/b27-26+. The first-order valence-electron chi connectivity index (χ1n) is 11.3. The van der Waals surface area contributed by atoms with Crippen molar-refractivity contribution >= 4 is 51.9 Å². The van der Waals surface area contributed by atoms with Crippen molar-refractivity contribution in [2.75, 3.05) is 12.0 Å². The highest BCUT2D eigenvalue weighted by Gasteiger charge is 2.35. The van der Waals surface area contributed by atoms with E-state index < -0.39 is 5.97 Å². The summed E-state index contributed by atoms with van der Waals surface area (Å²) in [6.07, 6.45) is 0. The molecule has 1 heterocycles. The van der Waals surface area contributed by atoms with Crippen molar-refractivity contribution in [2.45, 2.75) is 6.54 Å². The minimum Gasteiger partial charge on any atom is -0.465 e. The van der Waals surface area contributed by atoms with E-state index in [2.05, 4.69) is 0 Å². The van der Waals surface area contributed by atoms with Crippen molar-refractivity contribution in [3.8, 4) is 0 Å². The Morgan fingerprint density at radius 3 is 2.31 bits per heavy atom. The monoisotopic (exact) mass is 513 g/mol. The molecule has 4 aromatic rings. The molecule has 0 fully saturated rings. The molecule has 1 amide bonds. The summed E-state index contributed by atoms with van der Waals surface area (Å²) in [5.41, 5.74) is 5.63.